The van der Waals surface area contributed by atoms with Crippen LogP contribution in [0.5, 0.6) is 0 Å². The summed E-state index contributed by atoms with van der Waals surface area (Å²) >= 11 is 1.40. The summed E-state index contributed by atoms with van der Waals surface area (Å²) in [6.07, 6.45) is 2.90. The number of morpholine rings is 1. The normalized spacial score (nSPS) is 16.6. The first kappa shape index (κ1) is 23.5. The molecule has 0 aliphatic carbocycles. The molecule has 1 unspecified atom stereocenters. The summed E-state index contributed by atoms with van der Waals surface area (Å²) in [4.78, 5) is 14.9. The van der Waals surface area contributed by atoms with Crippen molar-refractivity contribution in [1.82, 2.24) is 25.0 Å². The number of carbonyl (C=O) groups excluding carboxylic acids is 1. The zero-order valence-electron chi connectivity index (χ0n) is 19.2. The van der Waals surface area contributed by atoms with Crippen LogP contribution in [0, 0.1) is 0 Å². The molecular weight excluding hydrogens is 434 g/mol. The fraction of sp³-hybridized carbons (Fsp3) is 0.400. The van der Waals surface area contributed by atoms with Crippen LogP contribution in [0.4, 0.5) is 0 Å². The van der Waals surface area contributed by atoms with Crippen LogP contribution in [-0.4, -0.2) is 57.1 Å². The Kier molecular flexibility index (Phi) is 8.15. The second kappa shape index (κ2) is 11.4. The number of aromatic nitrogens is 3. The molecule has 1 atom stereocenters. The van der Waals surface area contributed by atoms with Crippen molar-refractivity contribution >= 4 is 17.7 Å². The quantitative estimate of drug-likeness (QED) is 0.488. The number of nitrogens with one attached hydrogen (secondary N) is 1. The van der Waals surface area contributed by atoms with Gasteiger partial charge in [0, 0.05) is 26.2 Å². The van der Waals surface area contributed by atoms with Crippen molar-refractivity contribution in [2.24, 2.45) is 0 Å². The molecule has 1 amide bonds. The van der Waals surface area contributed by atoms with E-state index in [0.29, 0.717) is 17.5 Å². The third-order valence-corrected chi connectivity index (χ3v) is 6.64. The predicted octanol–water partition coefficient (Wildman–Crippen LogP) is 3.46. The zero-order chi connectivity index (χ0) is 23.0. The first-order valence-corrected chi connectivity index (χ1v) is 12.4. The second-order valence-corrected chi connectivity index (χ2v) is 9.21. The number of rotatable bonds is 9. The highest BCUT2D eigenvalue weighted by atomic mass is 32.2. The maximum absolute atomic E-state index is 12.5. The SMILES string of the molecule is CCc1ccccc1-n1cnnc1SCC(=O)NCc1cccc(CN2CCOC(C)C2)c1. The molecule has 3 aromatic rings. The maximum atomic E-state index is 12.5. The molecule has 174 valence electrons. The van der Waals surface area contributed by atoms with Gasteiger partial charge in [0.1, 0.15) is 6.33 Å². The van der Waals surface area contributed by atoms with E-state index in [0.717, 1.165) is 43.9 Å². The van der Waals surface area contributed by atoms with Crippen LogP contribution in [0.1, 0.15) is 30.5 Å². The molecular formula is C25H31N5O2S. The molecule has 2 aromatic carbocycles. The lowest BCUT2D eigenvalue weighted by Gasteiger charge is -2.31. The average Bonchev–Trinajstić information content (AvgIpc) is 3.30. The minimum atomic E-state index is -0.0225. The molecule has 4 rings (SSSR count). The van der Waals surface area contributed by atoms with Gasteiger partial charge in [-0.2, -0.15) is 0 Å². The molecule has 1 aliphatic rings. The summed E-state index contributed by atoms with van der Waals surface area (Å²) in [5.74, 6) is 0.268. The van der Waals surface area contributed by atoms with E-state index in [-0.39, 0.29) is 12.0 Å². The van der Waals surface area contributed by atoms with E-state index in [4.69, 9.17) is 4.74 Å². The maximum Gasteiger partial charge on any atom is 0.230 e. The number of hydrogen-bond acceptors (Lipinski definition) is 6. The first-order valence-electron chi connectivity index (χ1n) is 11.4. The molecule has 1 fully saturated rings. The second-order valence-electron chi connectivity index (χ2n) is 8.27. The van der Waals surface area contributed by atoms with E-state index < -0.39 is 0 Å². The van der Waals surface area contributed by atoms with Crippen molar-refractivity contribution in [3.8, 4) is 5.69 Å². The monoisotopic (exact) mass is 465 g/mol. The van der Waals surface area contributed by atoms with Gasteiger partial charge >= 0.3 is 0 Å². The number of benzene rings is 2. The van der Waals surface area contributed by atoms with E-state index in [1.165, 1.54) is 22.9 Å². The predicted molar refractivity (Wildman–Crippen MR) is 130 cm³/mol. The Morgan fingerprint density at radius 3 is 2.91 bits per heavy atom. The van der Waals surface area contributed by atoms with Gasteiger partial charge in [-0.25, -0.2) is 0 Å². The van der Waals surface area contributed by atoms with Gasteiger partial charge < -0.3 is 10.1 Å². The lowest BCUT2D eigenvalue weighted by atomic mass is 10.1. The Labute approximate surface area is 199 Å². The van der Waals surface area contributed by atoms with Crippen molar-refractivity contribution in [1.29, 1.82) is 0 Å². The highest BCUT2D eigenvalue weighted by Gasteiger charge is 2.17. The number of para-hydroxylation sites is 1. The van der Waals surface area contributed by atoms with Gasteiger partial charge in [-0.15, -0.1) is 10.2 Å². The molecule has 2 heterocycles. The van der Waals surface area contributed by atoms with Crippen molar-refractivity contribution in [3.05, 3.63) is 71.5 Å². The summed E-state index contributed by atoms with van der Waals surface area (Å²) in [6, 6.07) is 16.6. The topological polar surface area (TPSA) is 72.3 Å². The van der Waals surface area contributed by atoms with E-state index >= 15 is 0 Å². The summed E-state index contributed by atoms with van der Waals surface area (Å²) < 4.78 is 7.58. The van der Waals surface area contributed by atoms with E-state index in [1.807, 2.05) is 16.7 Å². The average molecular weight is 466 g/mol. The van der Waals surface area contributed by atoms with E-state index in [1.54, 1.807) is 6.33 Å². The van der Waals surface area contributed by atoms with Crippen LogP contribution in [0.2, 0.25) is 0 Å². The number of aryl methyl sites for hydroxylation is 1. The van der Waals surface area contributed by atoms with Crippen LogP contribution < -0.4 is 5.32 Å². The third kappa shape index (κ3) is 6.43. The van der Waals surface area contributed by atoms with Crippen LogP contribution in [0.3, 0.4) is 0 Å². The number of thioether (sulfide) groups is 1. The van der Waals surface area contributed by atoms with Crippen LogP contribution in [0.15, 0.2) is 60.0 Å². The molecule has 0 radical (unpaired) electrons. The third-order valence-electron chi connectivity index (χ3n) is 5.69. The van der Waals surface area contributed by atoms with Crippen molar-refractivity contribution in [3.63, 3.8) is 0 Å². The Balaban J connectivity index is 1.29. The molecule has 0 saturated carbocycles. The molecule has 1 aromatic heterocycles. The van der Waals surface area contributed by atoms with Crippen LogP contribution in [0.25, 0.3) is 5.69 Å². The van der Waals surface area contributed by atoms with Gasteiger partial charge in [0.2, 0.25) is 5.91 Å². The lowest BCUT2D eigenvalue weighted by Crippen LogP contribution is -2.40. The molecule has 7 nitrogen and oxygen atoms in total. The lowest BCUT2D eigenvalue weighted by molar-refractivity contribution is -0.118. The molecule has 33 heavy (non-hydrogen) atoms. The van der Waals surface area contributed by atoms with Crippen molar-refractivity contribution in [2.75, 3.05) is 25.4 Å². The van der Waals surface area contributed by atoms with Crippen LogP contribution >= 0.6 is 11.8 Å². The van der Waals surface area contributed by atoms with Gasteiger partial charge in [-0.05, 0) is 36.1 Å². The van der Waals surface area contributed by atoms with Crippen LogP contribution in [-0.2, 0) is 29.0 Å². The Morgan fingerprint density at radius 1 is 1.21 bits per heavy atom. The number of ether oxygens (including phenoxy) is 1. The van der Waals surface area contributed by atoms with Gasteiger partial charge in [0.25, 0.3) is 0 Å². The summed E-state index contributed by atoms with van der Waals surface area (Å²) in [5, 5.41) is 12.0. The Hall–Kier alpha value is -2.68. The number of hydrogen-bond donors (Lipinski definition) is 1. The standard InChI is InChI=1S/C25H31N5O2S/c1-3-22-9-4-5-10-23(22)30-18-27-28-25(30)33-17-24(31)26-14-20-7-6-8-21(13-20)16-29-11-12-32-19(2)15-29/h4-10,13,18-19H,3,11-12,14-17H2,1-2H3,(H,26,31). The summed E-state index contributed by atoms with van der Waals surface area (Å²) in [7, 11) is 0. The number of amides is 1. The first-order chi connectivity index (χ1) is 16.1. The highest BCUT2D eigenvalue weighted by molar-refractivity contribution is 7.99. The minimum absolute atomic E-state index is 0.0225. The largest absolute Gasteiger partial charge is 0.376 e. The zero-order valence-corrected chi connectivity index (χ0v) is 20.1. The van der Waals surface area contributed by atoms with Crippen molar-refractivity contribution in [2.45, 2.75) is 44.6 Å². The fourth-order valence-electron chi connectivity index (χ4n) is 4.05. The van der Waals surface area contributed by atoms with E-state index in [9.17, 15) is 4.79 Å². The molecule has 1 saturated heterocycles. The van der Waals surface area contributed by atoms with Crippen molar-refractivity contribution < 1.29 is 9.53 Å². The van der Waals surface area contributed by atoms with Gasteiger partial charge in [0.05, 0.1) is 24.2 Å². The van der Waals surface area contributed by atoms with Gasteiger partial charge in [-0.1, -0.05) is 61.2 Å². The smallest absolute Gasteiger partial charge is 0.230 e. The number of nitrogens with zero attached hydrogens (tertiary/aromatic N) is 4. The molecule has 0 bridgehead atoms. The molecule has 1 N–H and O–H groups in total. The number of carbonyl (C=O) groups is 1. The highest BCUT2D eigenvalue weighted by Crippen LogP contribution is 2.22. The Bertz CT molecular complexity index is 1070. The summed E-state index contributed by atoms with van der Waals surface area (Å²) in [6.45, 7) is 8.34. The van der Waals surface area contributed by atoms with E-state index in [2.05, 4.69) is 70.7 Å². The molecule has 1 aliphatic heterocycles. The fourth-order valence-corrected chi connectivity index (χ4v) is 4.80. The van der Waals surface area contributed by atoms with Gasteiger partial charge in [0.15, 0.2) is 5.16 Å². The molecule has 0 spiro atoms. The summed E-state index contributed by atoms with van der Waals surface area (Å²) in [5.41, 5.74) is 4.63. The Morgan fingerprint density at radius 2 is 2.06 bits per heavy atom. The molecule has 8 heteroatoms. The minimum Gasteiger partial charge on any atom is -0.376 e. The van der Waals surface area contributed by atoms with Gasteiger partial charge in [-0.3, -0.25) is 14.3 Å².